The molecule has 0 fully saturated rings. The lowest BCUT2D eigenvalue weighted by atomic mass is 10.1. The Morgan fingerprint density at radius 3 is 2.64 bits per heavy atom. The van der Waals surface area contributed by atoms with Crippen LogP contribution in [0.2, 0.25) is 0 Å². The Balaban J connectivity index is 0.000000980. The molecule has 2 rings (SSSR count). The Kier molecular flexibility index (Phi) is 3.08. The first kappa shape index (κ1) is 10.9. The normalized spacial score (nSPS) is 18.5. The van der Waals surface area contributed by atoms with Crippen molar-refractivity contribution in [2.45, 2.75) is 18.9 Å². The van der Waals surface area contributed by atoms with E-state index in [0.29, 0.717) is 0 Å². The molecule has 0 radical (unpaired) electrons. The summed E-state index contributed by atoms with van der Waals surface area (Å²) in [5, 5.41) is 10.5. The number of nitrogens with two attached hydrogens (primary N) is 1. The van der Waals surface area contributed by atoms with E-state index >= 15 is 0 Å². The molecule has 0 amide bonds. The maximum atomic E-state index is 10.5. The molecule has 1 aliphatic carbocycles. The van der Waals surface area contributed by atoms with Gasteiger partial charge in [-0.3, -0.25) is 10.1 Å². The highest BCUT2D eigenvalue weighted by Gasteiger charge is 2.20. The molecule has 4 nitrogen and oxygen atoms in total. The van der Waals surface area contributed by atoms with E-state index in [0.717, 1.165) is 24.0 Å². The van der Waals surface area contributed by atoms with Gasteiger partial charge in [0.2, 0.25) is 0 Å². The van der Waals surface area contributed by atoms with E-state index < -0.39 is 0 Å². The average molecular weight is 215 g/mol. The van der Waals surface area contributed by atoms with Gasteiger partial charge in [0.05, 0.1) is 4.92 Å². The molecule has 0 aliphatic heterocycles. The van der Waals surface area contributed by atoms with Crippen LogP contribution in [0.25, 0.3) is 0 Å². The van der Waals surface area contributed by atoms with Gasteiger partial charge in [0.1, 0.15) is 0 Å². The zero-order valence-electron chi connectivity index (χ0n) is 7.47. The monoisotopic (exact) mass is 214 g/mol. The average Bonchev–Trinajstić information content (AvgIpc) is 2.42. The SMILES string of the molecule is Cl.N[C@H]1Cc2ccc([N+](=O)[O-])cc2C1. The molecule has 1 atom stereocenters. The maximum Gasteiger partial charge on any atom is 0.269 e. The standard InChI is InChI=1S/C9H10N2O2.ClH/c10-8-3-6-1-2-9(11(12)13)5-7(6)4-8;/h1-2,5,8H,3-4,10H2;1H/t8-;/m0./s1. The first-order valence-electron chi connectivity index (χ1n) is 4.18. The lowest BCUT2D eigenvalue weighted by Gasteiger charge is -1.96. The third-order valence-corrected chi connectivity index (χ3v) is 2.36. The summed E-state index contributed by atoms with van der Waals surface area (Å²) in [6.45, 7) is 0. The Morgan fingerprint density at radius 1 is 1.36 bits per heavy atom. The lowest BCUT2D eigenvalue weighted by molar-refractivity contribution is -0.384. The number of hydrogen-bond donors (Lipinski definition) is 1. The summed E-state index contributed by atoms with van der Waals surface area (Å²) in [6.07, 6.45) is 1.60. The molecule has 5 heteroatoms. The summed E-state index contributed by atoms with van der Waals surface area (Å²) in [5.41, 5.74) is 8.08. The predicted molar refractivity (Wildman–Crippen MR) is 55.7 cm³/mol. The Morgan fingerprint density at radius 2 is 2.00 bits per heavy atom. The first-order chi connectivity index (χ1) is 6.16. The number of fused-ring (bicyclic) bond motifs is 1. The molecule has 0 saturated carbocycles. The zero-order chi connectivity index (χ0) is 9.42. The Bertz CT molecular complexity index is 368. The topological polar surface area (TPSA) is 69.2 Å². The van der Waals surface area contributed by atoms with Gasteiger partial charge in [-0.05, 0) is 24.0 Å². The largest absolute Gasteiger partial charge is 0.327 e. The third-order valence-electron chi connectivity index (χ3n) is 2.36. The van der Waals surface area contributed by atoms with Gasteiger partial charge in [0, 0.05) is 18.2 Å². The molecule has 0 unspecified atom stereocenters. The summed E-state index contributed by atoms with van der Waals surface area (Å²) < 4.78 is 0. The number of hydrogen-bond acceptors (Lipinski definition) is 3. The van der Waals surface area contributed by atoms with Crippen molar-refractivity contribution in [2.24, 2.45) is 5.73 Å². The summed E-state index contributed by atoms with van der Waals surface area (Å²) in [5.74, 6) is 0. The number of rotatable bonds is 1. The number of non-ortho nitro benzene ring substituents is 1. The fraction of sp³-hybridized carbons (Fsp3) is 0.333. The van der Waals surface area contributed by atoms with Gasteiger partial charge in [-0.25, -0.2) is 0 Å². The number of nitro benzene ring substituents is 1. The number of halogens is 1. The minimum Gasteiger partial charge on any atom is -0.327 e. The second kappa shape index (κ2) is 3.94. The van der Waals surface area contributed by atoms with Crippen LogP contribution in [0.4, 0.5) is 5.69 Å². The molecule has 0 aromatic heterocycles. The van der Waals surface area contributed by atoms with Gasteiger partial charge >= 0.3 is 0 Å². The van der Waals surface area contributed by atoms with E-state index in [-0.39, 0.29) is 29.1 Å². The summed E-state index contributed by atoms with van der Waals surface area (Å²) >= 11 is 0. The first-order valence-corrected chi connectivity index (χ1v) is 4.18. The van der Waals surface area contributed by atoms with Crippen molar-refractivity contribution in [3.63, 3.8) is 0 Å². The third kappa shape index (κ3) is 1.86. The van der Waals surface area contributed by atoms with E-state index in [1.807, 2.05) is 0 Å². The van der Waals surface area contributed by atoms with E-state index in [2.05, 4.69) is 0 Å². The molecular weight excluding hydrogens is 204 g/mol. The van der Waals surface area contributed by atoms with Crippen molar-refractivity contribution in [1.82, 2.24) is 0 Å². The molecule has 0 heterocycles. The lowest BCUT2D eigenvalue weighted by Crippen LogP contribution is -2.18. The second-order valence-electron chi connectivity index (χ2n) is 3.38. The van der Waals surface area contributed by atoms with Gasteiger partial charge < -0.3 is 5.73 Å². The van der Waals surface area contributed by atoms with Crippen molar-refractivity contribution in [3.8, 4) is 0 Å². The molecule has 0 spiro atoms. The molecular formula is C9H11ClN2O2. The highest BCUT2D eigenvalue weighted by atomic mass is 35.5. The molecule has 1 aromatic rings. The molecule has 0 saturated heterocycles. The van der Waals surface area contributed by atoms with Gasteiger partial charge in [-0.2, -0.15) is 0 Å². The van der Waals surface area contributed by atoms with E-state index in [4.69, 9.17) is 5.73 Å². The van der Waals surface area contributed by atoms with Gasteiger partial charge in [-0.15, -0.1) is 12.4 Å². The number of benzene rings is 1. The van der Waals surface area contributed by atoms with Crippen LogP contribution < -0.4 is 5.73 Å². The van der Waals surface area contributed by atoms with E-state index in [1.165, 1.54) is 6.07 Å². The van der Waals surface area contributed by atoms with Crippen LogP contribution in [0.3, 0.4) is 0 Å². The van der Waals surface area contributed by atoms with Gasteiger partial charge in [-0.1, -0.05) is 6.07 Å². The highest BCUT2D eigenvalue weighted by molar-refractivity contribution is 5.85. The molecule has 14 heavy (non-hydrogen) atoms. The van der Waals surface area contributed by atoms with Gasteiger partial charge in [0.25, 0.3) is 5.69 Å². The second-order valence-corrected chi connectivity index (χ2v) is 3.38. The smallest absolute Gasteiger partial charge is 0.269 e. The molecule has 1 aromatic carbocycles. The van der Waals surface area contributed by atoms with Crippen molar-refractivity contribution in [1.29, 1.82) is 0 Å². The fourth-order valence-corrected chi connectivity index (χ4v) is 1.75. The van der Waals surface area contributed by atoms with Crippen LogP contribution in [0.1, 0.15) is 11.1 Å². The summed E-state index contributed by atoms with van der Waals surface area (Å²) in [4.78, 5) is 10.1. The van der Waals surface area contributed by atoms with Crippen molar-refractivity contribution >= 4 is 18.1 Å². The van der Waals surface area contributed by atoms with Crippen molar-refractivity contribution in [2.75, 3.05) is 0 Å². The van der Waals surface area contributed by atoms with Crippen LogP contribution in [-0.4, -0.2) is 11.0 Å². The molecule has 76 valence electrons. The van der Waals surface area contributed by atoms with E-state index in [9.17, 15) is 10.1 Å². The Hall–Kier alpha value is -1.13. The van der Waals surface area contributed by atoms with E-state index in [1.54, 1.807) is 12.1 Å². The van der Waals surface area contributed by atoms with Gasteiger partial charge in [0.15, 0.2) is 0 Å². The minimum atomic E-state index is -0.371. The predicted octanol–water partition coefficient (Wildman–Crippen LogP) is 1.44. The van der Waals surface area contributed by atoms with Crippen molar-refractivity contribution < 1.29 is 4.92 Å². The van der Waals surface area contributed by atoms with Crippen LogP contribution in [0, 0.1) is 10.1 Å². The minimum absolute atomic E-state index is 0. The summed E-state index contributed by atoms with van der Waals surface area (Å²) in [7, 11) is 0. The Labute approximate surface area is 87.7 Å². The zero-order valence-corrected chi connectivity index (χ0v) is 8.29. The van der Waals surface area contributed by atoms with Crippen LogP contribution >= 0.6 is 12.4 Å². The quantitative estimate of drug-likeness (QED) is 0.568. The molecule has 0 bridgehead atoms. The number of nitro groups is 1. The van der Waals surface area contributed by atoms with Crippen LogP contribution in [0.5, 0.6) is 0 Å². The highest BCUT2D eigenvalue weighted by Crippen LogP contribution is 2.25. The summed E-state index contributed by atoms with van der Waals surface area (Å²) in [6, 6.07) is 5.11. The fourth-order valence-electron chi connectivity index (χ4n) is 1.75. The molecule has 1 aliphatic rings. The molecule has 2 N–H and O–H groups in total. The maximum absolute atomic E-state index is 10.5. The number of nitrogens with zero attached hydrogens (tertiary/aromatic N) is 1. The van der Waals surface area contributed by atoms with Crippen LogP contribution in [0.15, 0.2) is 18.2 Å². The van der Waals surface area contributed by atoms with Crippen molar-refractivity contribution in [3.05, 3.63) is 39.4 Å². The van der Waals surface area contributed by atoms with Crippen LogP contribution in [-0.2, 0) is 12.8 Å².